The Morgan fingerprint density at radius 3 is 2.74 bits per heavy atom. The maximum atomic E-state index is 12.8. The number of likely N-dealkylation sites (tertiary alicyclic amines) is 1. The van der Waals surface area contributed by atoms with Crippen LogP contribution < -0.4 is 10.6 Å². The summed E-state index contributed by atoms with van der Waals surface area (Å²) in [6, 6.07) is -1.03. The first-order chi connectivity index (χ1) is 10.7. The average Bonchev–Trinajstić information content (AvgIpc) is 3.04. The van der Waals surface area contributed by atoms with Crippen LogP contribution in [-0.4, -0.2) is 45.8 Å². The summed E-state index contributed by atoms with van der Waals surface area (Å²) in [6.07, 6.45) is -2.62. The summed E-state index contributed by atoms with van der Waals surface area (Å²) in [7, 11) is 1.34. The van der Waals surface area contributed by atoms with Crippen molar-refractivity contribution < 1.29 is 22.8 Å². The van der Waals surface area contributed by atoms with Gasteiger partial charge in [-0.3, -0.25) is 9.48 Å². The standard InChI is InChI=1S/C13H18F3N5O2/c1-3-10(22)21-5-4-8(6-21)17-12(23)18-9-7-20(2)19-11(9)13(14,15)16/h7-8H,3-6H2,1-2H3,(H2,17,18,23). The van der Waals surface area contributed by atoms with Gasteiger partial charge < -0.3 is 15.5 Å². The van der Waals surface area contributed by atoms with Crippen molar-refractivity contribution in [2.45, 2.75) is 32.0 Å². The fourth-order valence-electron chi connectivity index (χ4n) is 2.46. The summed E-state index contributed by atoms with van der Waals surface area (Å²) in [4.78, 5) is 25.0. The number of aromatic nitrogens is 2. The number of hydrogen-bond donors (Lipinski definition) is 2. The number of nitrogens with zero attached hydrogens (tertiary/aromatic N) is 3. The Bertz CT molecular complexity index is 599. The second-order valence-electron chi connectivity index (χ2n) is 5.34. The molecule has 7 nitrogen and oxygen atoms in total. The smallest absolute Gasteiger partial charge is 0.341 e. The summed E-state index contributed by atoms with van der Waals surface area (Å²) < 4.78 is 39.4. The van der Waals surface area contributed by atoms with E-state index in [9.17, 15) is 22.8 Å². The van der Waals surface area contributed by atoms with Crippen molar-refractivity contribution in [1.29, 1.82) is 0 Å². The number of urea groups is 1. The van der Waals surface area contributed by atoms with Gasteiger partial charge in [-0.2, -0.15) is 18.3 Å². The molecule has 3 amide bonds. The fraction of sp³-hybridized carbons (Fsp3) is 0.615. The minimum atomic E-state index is -4.65. The van der Waals surface area contributed by atoms with Gasteiger partial charge in [0.25, 0.3) is 0 Å². The zero-order valence-electron chi connectivity index (χ0n) is 12.8. The third kappa shape index (κ3) is 4.14. The Morgan fingerprint density at radius 2 is 2.13 bits per heavy atom. The molecule has 1 unspecified atom stereocenters. The molecule has 2 heterocycles. The van der Waals surface area contributed by atoms with Crippen LogP contribution in [0.5, 0.6) is 0 Å². The van der Waals surface area contributed by atoms with Gasteiger partial charge in [-0.1, -0.05) is 6.92 Å². The zero-order valence-corrected chi connectivity index (χ0v) is 12.8. The van der Waals surface area contributed by atoms with Gasteiger partial charge in [0.15, 0.2) is 5.69 Å². The Hall–Kier alpha value is -2.26. The summed E-state index contributed by atoms with van der Waals surface area (Å²) in [6.45, 7) is 2.63. The quantitative estimate of drug-likeness (QED) is 0.881. The molecule has 1 atom stereocenters. The summed E-state index contributed by atoms with van der Waals surface area (Å²) in [5.41, 5.74) is -1.55. The van der Waals surface area contributed by atoms with Crippen molar-refractivity contribution in [2.75, 3.05) is 18.4 Å². The molecule has 1 aliphatic heterocycles. The third-order valence-electron chi connectivity index (χ3n) is 3.52. The molecular weight excluding hydrogens is 315 g/mol. The molecule has 0 aliphatic carbocycles. The highest BCUT2D eigenvalue weighted by atomic mass is 19.4. The van der Waals surface area contributed by atoms with Gasteiger partial charge in [-0.15, -0.1) is 0 Å². The Labute approximate surface area is 130 Å². The molecule has 2 N–H and O–H groups in total. The van der Waals surface area contributed by atoms with Gasteiger partial charge >= 0.3 is 12.2 Å². The van der Waals surface area contributed by atoms with Crippen LogP contribution in [0.4, 0.5) is 23.7 Å². The van der Waals surface area contributed by atoms with Crippen LogP contribution in [0, 0.1) is 0 Å². The monoisotopic (exact) mass is 333 g/mol. The predicted octanol–water partition coefficient (Wildman–Crippen LogP) is 1.57. The molecule has 0 bridgehead atoms. The van der Waals surface area contributed by atoms with Gasteiger partial charge in [0.05, 0.1) is 5.69 Å². The lowest BCUT2D eigenvalue weighted by Crippen LogP contribution is -2.40. The van der Waals surface area contributed by atoms with E-state index in [1.165, 1.54) is 7.05 Å². The first-order valence-electron chi connectivity index (χ1n) is 7.16. The average molecular weight is 333 g/mol. The maximum absolute atomic E-state index is 12.8. The first-order valence-corrected chi connectivity index (χ1v) is 7.16. The van der Waals surface area contributed by atoms with Crippen LogP contribution in [0.2, 0.25) is 0 Å². The molecule has 0 spiro atoms. The number of rotatable bonds is 3. The maximum Gasteiger partial charge on any atom is 0.437 e. The molecule has 10 heteroatoms. The van der Waals surface area contributed by atoms with Crippen LogP contribution in [-0.2, 0) is 18.0 Å². The highest BCUT2D eigenvalue weighted by molar-refractivity contribution is 5.90. The van der Waals surface area contributed by atoms with E-state index >= 15 is 0 Å². The normalized spacial score (nSPS) is 18.1. The molecule has 1 aliphatic rings. The van der Waals surface area contributed by atoms with E-state index in [0.717, 1.165) is 10.9 Å². The van der Waals surface area contributed by atoms with Gasteiger partial charge in [0.2, 0.25) is 5.91 Å². The van der Waals surface area contributed by atoms with Crippen LogP contribution in [0.3, 0.4) is 0 Å². The number of aryl methyl sites for hydroxylation is 1. The second kappa shape index (κ2) is 6.47. The first kappa shape index (κ1) is 17.1. The number of nitrogens with one attached hydrogen (secondary N) is 2. The van der Waals surface area contributed by atoms with E-state index in [1.54, 1.807) is 11.8 Å². The molecule has 1 saturated heterocycles. The third-order valence-corrected chi connectivity index (χ3v) is 3.52. The molecule has 128 valence electrons. The lowest BCUT2D eigenvalue weighted by Gasteiger charge is -2.16. The topological polar surface area (TPSA) is 79.3 Å². The second-order valence-corrected chi connectivity index (χ2v) is 5.34. The molecule has 1 aromatic rings. The lowest BCUT2D eigenvalue weighted by atomic mass is 10.3. The molecule has 23 heavy (non-hydrogen) atoms. The van der Waals surface area contributed by atoms with Crippen molar-refractivity contribution in [3.8, 4) is 0 Å². The number of anilines is 1. The van der Waals surface area contributed by atoms with Crippen LogP contribution in [0.15, 0.2) is 6.20 Å². The van der Waals surface area contributed by atoms with E-state index in [2.05, 4.69) is 15.7 Å². The molecule has 2 rings (SSSR count). The predicted molar refractivity (Wildman–Crippen MR) is 75.6 cm³/mol. The van der Waals surface area contributed by atoms with Gasteiger partial charge in [-0.25, -0.2) is 4.79 Å². The van der Waals surface area contributed by atoms with Gasteiger partial charge in [-0.05, 0) is 6.42 Å². The van der Waals surface area contributed by atoms with Crippen LogP contribution >= 0.6 is 0 Å². The van der Waals surface area contributed by atoms with Crippen LogP contribution in [0.1, 0.15) is 25.5 Å². The van der Waals surface area contributed by atoms with E-state index < -0.39 is 23.6 Å². The summed E-state index contributed by atoms with van der Waals surface area (Å²) in [5, 5.41) is 8.05. The SMILES string of the molecule is CCC(=O)N1CCC(NC(=O)Nc2cn(C)nc2C(F)(F)F)C1. The highest BCUT2D eigenvalue weighted by Crippen LogP contribution is 2.33. The summed E-state index contributed by atoms with van der Waals surface area (Å²) in [5.74, 6) is -0.0127. The van der Waals surface area contributed by atoms with Gasteiger partial charge in [0, 0.05) is 38.8 Å². The molecule has 1 fully saturated rings. The Morgan fingerprint density at radius 1 is 1.43 bits per heavy atom. The van der Waals surface area contributed by atoms with E-state index in [1.807, 2.05) is 0 Å². The highest BCUT2D eigenvalue weighted by Gasteiger charge is 2.38. The fourth-order valence-corrected chi connectivity index (χ4v) is 2.46. The minimum Gasteiger partial charge on any atom is -0.341 e. The molecular formula is C13H18F3N5O2. The van der Waals surface area contributed by atoms with Crippen molar-refractivity contribution in [2.24, 2.45) is 7.05 Å². The number of amides is 3. The van der Waals surface area contributed by atoms with Crippen molar-refractivity contribution in [3.05, 3.63) is 11.9 Å². The molecule has 1 aromatic heterocycles. The van der Waals surface area contributed by atoms with Crippen molar-refractivity contribution >= 4 is 17.6 Å². The number of halogens is 3. The lowest BCUT2D eigenvalue weighted by molar-refractivity contribution is -0.140. The number of carbonyl (C=O) groups is 2. The number of carbonyl (C=O) groups excluding carboxylic acids is 2. The number of alkyl halides is 3. The van der Waals surface area contributed by atoms with Crippen molar-refractivity contribution in [3.63, 3.8) is 0 Å². The van der Waals surface area contributed by atoms with Gasteiger partial charge in [0.1, 0.15) is 0 Å². The van der Waals surface area contributed by atoms with E-state index in [4.69, 9.17) is 0 Å². The summed E-state index contributed by atoms with van der Waals surface area (Å²) >= 11 is 0. The van der Waals surface area contributed by atoms with Crippen molar-refractivity contribution in [1.82, 2.24) is 20.0 Å². The minimum absolute atomic E-state index is 0.0127. The van der Waals surface area contributed by atoms with Crippen LogP contribution in [0.25, 0.3) is 0 Å². The van der Waals surface area contributed by atoms with E-state index in [-0.39, 0.29) is 11.9 Å². The van der Waals surface area contributed by atoms with E-state index in [0.29, 0.717) is 25.9 Å². The zero-order chi connectivity index (χ0) is 17.2. The Kier molecular flexibility index (Phi) is 4.81. The molecule has 0 saturated carbocycles. The Balaban J connectivity index is 1.95. The molecule has 0 radical (unpaired) electrons. The number of hydrogen-bond acceptors (Lipinski definition) is 3. The largest absolute Gasteiger partial charge is 0.437 e. The molecule has 0 aromatic carbocycles.